The van der Waals surface area contributed by atoms with Crippen LogP contribution in [0.4, 0.5) is 0 Å². The number of rotatable bonds is 7. The second-order valence-corrected chi connectivity index (χ2v) is 7.63. The standard InChI is InChI=1S/C11H21NO4S2/c1-3-5-7-18(15,16)12-9(11(13)14)8-17-10(12)6-4-2/h9-10H,3-8H2,1-2H3,(H,13,14). The summed E-state index contributed by atoms with van der Waals surface area (Å²) in [4.78, 5) is 11.2. The minimum absolute atomic E-state index is 0.0497. The van der Waals surface area contributed by atoms with Crippen LogP contribution in [0.15, 0.2) is 0 Å². The maximum atomic E-state index is 12.2. The highest BCUT2D eigenvalue weighted by molar-refractivity contribution is 8.01. The van der Waals surface area contributed by atoms with Crippen molar-refractivity contribution in [3.8, 4) is 0 Å². The van der Waals surface area contributed by atoms with Crippen LogP contribution in [0.2, 0.25) is 0 Å². The molecule has 1 rings (SSSR count). The lowest BCUT2D eigenvalue weighted by atomic mass is 10.3. The first kappa shape index (κ1) is 15.8. The summed E-state index contributed by atoms with van der Waals surface area (Å²) in [6.45, 7) is 3.90. The van der Waals surface area contributed by atoms with Gasteiger partial charge in [-0.3, -0.25) is 4.79 Å². The topological polar surface area (TPSA) is 74.7 Å². The average Bonchev–Trinajstić information content (AvgIpc) is 2.71. The molecule has 0 aliphatic carbocycles. The fourth-order valence-corrected chi connectivity index (χ4v) is 5.95. The van der Waals surface area contributed by atoms with Crippen molar-refractivity contribution in [3.63, 3.8) is 0 Å². The van der Waals surface area contributed by atoms with Crippen molar-refractivity contribution in [2.24, 2.45) is 0 Å². The second-order valence-electron chi connectivity index (χ2n) is 4.43. The molecule has 1 aliphatic rings. The number of carboxylic acids is 1. The van der Waals surface area contributed by atoms with Crippen LogP contribution >= 0.6 is 11.8 Å². The molecule has 18 heavy (non-hydrogen) atoms. The van der Waals surface area contributed by atoms with Crippen molar-refractivity contribution in [1.82, 2.24) is 4.31 Å². The van der Waals surface area contributed by atoms with Gasteiger partial charge in [-0.15, -0.1) is 11.8 Å². The first-order chi connectivity index (χ1) is 8.44. The van der Waals surface area contributed by atoms with Crippen LogP contribution in [0, 0.1) is 0 Å². The van der Waals surface area contributed by atoms with Crippen molar-refractivity contribution in [1.29, 1.82) is 0 Å². The SMILES string of the molecule is CCCCS(=O)(=O)N1C(CCC)SCC1C(=O)O. The summed E-state index contributed by atoms with van der Waals surface area (Å²) in [5.41, 5.74) is 0. The molecule has 1 saturated heterocycles. The van der Waals surface area contributed by atoms with E-state index in [0.717, 1.165) is 12.8 Å². The van der Waals surface area contributed by atoms with Gasteiger partial charge >= 0.3 is 5.97 Å². The fourth-order valence-electron chi connectivity index (χ4n) is 1.99. The molecular weight excluding hydrogens is 274 g/mol. The molecule has 2 unspecified atom stereocenters. The summed E-state index contributed by atoms with van der Waals surface area (Å²) in [6.07, 6.45) is 2.93. The zero-order valence-electron chi connectivity index (χ0n) is 10.8. The Kier molecular flexibility index (Phi) is 5.94. The van der Waals surface area contributed by atoms with Crippen molar-refractivity contribution in [2.75, 3.05) is 11.5 Å². The smallest absolute Gasteiger partial charge is 0.322 e. The molecule has 1 fully saturated rings. The maximum Gasteiger partial charge on any atom is 0.322 e. The van der Waals surface area contributed by atoms with E-state index >= 15 is 0 Å². The number of sulfonamides is 1. The number of aliphatic carboxylic acids is 1. The molecule has 2 atom stereocenters. The summed E-state index contributed by atoms with van der Waals surface area (Å²) < 4.78 is 25.7. The molecule has 0 spiro atoms. The summed E-state index contributed by atoms with van der Waals surface area (Å²) in [6, 6.07) is -0.895. The minimum atomic E-state index is -3.46. The van der Waals surface area contributed by atoms with Gasteiger partial charge < -0.3 is 5.11 Å². The average molecular weight is 295 g/mol. The van der Waals surface area contributed by atoms with Crippen molar-refractivity contribution < 1.29 is 18.3 Å². The summed E-state index contributed by atoms with van der Waals surface area (Å²) in [5.74, 6) is -0.638. The molecule has 0 radical (unpaired) electrons. The number of thioether (sulfide) groups is 1. The van der Waals surface area contributed by atoms with Gasteiger partial charge in [0.25, 0.3) is 0 Å². The van der Waals surface area contributed by atoms with E-state index in [1.807, 2.05) is 13.8 Å². The third-order valence-electron chi connectivity index (χ3n) is 2.94. The number of nitrogens with zero attached hydrogens (tertiary/aromatic N) is 1. The first-order valence-corrected chi connectivity index (χ1v) is 8.95. The third kappa shape index (κ3) is 3.61. The summed E-state index contributed by atoms with van der Waals surface area (Å²) in [7, 11) is -3.46. The number of hydrogen-bond acceptors (Lipinski definition) is 4. The molecule has 5 nitrogen and oxygen atoms in total. The van der Waals surface area contributed by atoms with Crippen LogP contribution in [0.3, 0.4) is 0 Å². The minimum Gasteiger partial charge on any atom is -0.480 e. The van der Waals surface area contributed by atoms with Crippen LogP contribution in [-0.2, 0) is 14.8 Å². The summed E-state index contributed by atoms with van der Waals surface area (Å²) >= 11 is 1.44. The largest absolute Gasteiger partial charge is 0.480 e. The Labute approximate surface area is 113 Å². The lowest BCUT2D eigenvalue weighted by Gasteiger charge is -2.26. The summed E-state index contributed by atoms with van der Waals surface area (Å²) in [5, 5.41) is 8.93. The zero-order valence-corrected chi connectivity index (χ0v) is 12.5. The second kappa shape index (κ2) is 6.77. The van der Waals surface area contributed by atoms with Gasteiger partial charge in [0, 0.05) is 5.75 Å². The molecule has 0 aromatic carbocycles. The van der Waals surface area contributed by atoms with E-state index in [0.29, 0.717) is 18.6 Å². The third-order valence-corrected chi connectivity index (χ3v) is 6.38. The molecule has 1 heterocycles. The molecule has 1 aliphatic heterocycles. The van der Waals surface area contributed by atoms with Crippen molar-refractivity contribution in [2.45, 2.75) is 50.9 Å². The molecule has 106 valence electrons. The monoisotopic (exact) mass is 295 g/mol. The van der Waals surface area contributed by atoms with Gasteiger partial charge in [-0.1, -0.05) is 26.7 Å². The number of unbranched alkanes of at least 4 members (excludes halogenated alkanes) is 1. The molecule has 1 N–H and O–H groups in total. The van der Waals surface area contributed by atoms with E-state index in [2.05, 4.69) is 0 Å². The fraction of sp³-hybridized carbons (Fsp3) is 0.909. The predicted octanol–water partition coefficient (Wildman–Crippen LogP) is 1.74. The normalized spacial score (nSPS) is 25.4. The number of carboxylic acid groups (broad SMARTS) is 1. The Hall–Kier alpha value is -0.270. The Morgan fingerprint density at radius 1 is 1.39 bits per heavy atom. The molecule has 0 saturated carbocycles. The van der Waals surface area contributed by atoms with Crippen LogP contribution in [0.25, 0.3) is 0 Å². The van der Waals surface area contributed by atoms with Gasteiger partial charge in [-0.25, -0.2) is 8.42 Å². The molecular formula is C11H21NO4S2. The van der Waals surface area contributed by atoms with Gasteiger partial charge in [-0.05, 0) is 12.8 Å². The van der Waals surface area contributed by atoms with E-state index in [1.165, 1.54) is 16.1 Å². The van der Waals surface area contributed by atoms with Crippen LogP contribution in [-0.4, -0.2) is 46.7 Å². The van der Waals surface area contributed by atoms with Gasteiger partial charge in [0.1, 0.15) is 6.04 Å². The maximum absolute atomic E-state index is 12.2. The number of carbonyl (C=O) groups is 1. The molecule has 7 heteroatoms. The van der Waals surface area contributed by atoms with Crippen molar-refractivity contribution in [3.05, 3.63) is 0 Å². The highest BCUT2D eigenvalue weighted by atomic mass is 32.2. The van der Waals surface area contributed by atoms with Gasteiger partial charge in [0.05, 0.1) is 11.1 Å². The predicted molar refractivity (Wildman–Crippen MR) is 73.1 cm³/mol. The Morgan fingerprint density at radius 3 is 2.56 bits per heavy atom. The Morgan fingerprint density at radius 2 is 2.06 bits per heavy atom. The van der Waals surface area contributed by atoms with E-state index in [9.17, 15) is 13.2 Å². The Bertz CT molecular complexity index is 383. The van der Waals surface area contributed by atoms with E-state index < -0.39 is 22.0 Å². The van der Waals surface area contributed by atoms with Gasteiger partial charge in [-0.2, -0.15) is 4.31 Å². The van der Waals surface area contributed by atoms with E-state index in [1.54, 1.807) is 0 Å². The van der Waals surface area contributed by atoms with Crippen LogP contribution in [0.5, 0.6) is 0 Å². The van der Waals surface area contributed by atoms with E-state index in [4.69, 9.17) is 5.11 Å². The molecule has 0 aromatic heterocycles. The quantitative estimate of drug-likeness (QED) is 0.774. The first-order valence-electron chi connectivity index (χ1n) is 6.29. The van der Waals surface area contributed by atoms with Gasteiger partial charge in [0.15, 0.2) is 0 Å². The molecule has 0 bridgehead atoms. The lowest BCUT2D eigenvalue weighted by molar-refractivity contribution is -0.140. The van der Waals surface area contributed by atoms with E-state index in [-0.39, 0.29) is 11.1 Å². The van der Waals surface area contributed by atoms with Crippen LogP contribution < -0.4 is 0 Å². The zero-order chi connectivity index (χ0) is 13.8. The number of hydrogen-bond donors (Lipinski definition) is 1. The Balaban J connectivity index is 2.92. The lowest BCUT2D eigenvalue weighted by Crippen LogP contribution is -2.46. The highest BCUT2D eigenvalue weighted by Crippen LogP contribution is 2.35. The highest BCUT2D eigenvalue weighted by Gasteiger charge is 2.44. The molecule has 0 amide bonds. The van der Waals surface area contributed by atoms with Crippen LogP contribution in [0.1, 0.15) is 39.5 Å². The van der Waals surface area contributed by atoms with Crippen molar-refractivity contribution >= 4 is 27.8 Å². The van der Waals surface area contributed by atoms with Gasteiger partial charge in [0.2, 0.25) is 10.0 Å². The molecule has 0 aromatic rings.